The quantitative estimate of drug-likeness (QED) is 0.245. The number of methoxy groups -OCH3 is 2. The molecule has 9 nitrogen and oxygen atoms in total. The Morgan fingerprint density at radius 1 is 1.06 bits per heavy atom. The molecule has 176 valence electrons. The molecular formula is C24H28N2O7. The van der Waals surface area contributed by atoms with Crippen molar-refractivity contribution in [1.29, 1.82) is 0 Å². The Hall–Kier alpha value is -3.46. The molecule has 0 saturated carbocycles. The van der Waals surface area contributed by atoms with Gasteiger partial charge in [-0.2, -0.15) is 0 Å². The topological polar surface area (TPSA) is 108 Å². The van der Waals surface area contributed by atoms with Gasteiger partial charge in [0.15, 0.2) is 17.3 Å². The summed E-state index contributed by atoms with van der Waals surface area (Å²) in [5.74, 6) is -0.195. The molecule has 0 atom stereocenters. The minimum absolute atomic E-state index is 0.0623. The summed E-state index contributed by atoms with van der Waals surface area (Å²) in [6.45, 7) is 3.12. The lowest BCUT2D eigenvalue weighted by atomic mass is 9.88. The highest BCUT2D eigenvalue weighted by Gasteiger charge is 2.32. The molecule has 2 aromatic rings. The zero-order valence-corrected chi connectivity index (χ0v) is 19.0. The number of amides is 1. The second-order valence-corrected chi connectivity index (χ2v) is 7.92. The standard InChI is InChI=1S/C24H28N2O7/c1-16-4-6-17(7-5-16)23(27)18-8-10-25(11-9-18)24(28)19-14-21(32-3)22(33-13-12-31-2)15-20(19)26(29)30/h4-7,14-15,18H,8-13H2,1-3H3. The molecule has 33 heavy (non-hydrogen) atoms. The molecule has 9 heteroatoms. The number of carbonyl (C=O) groups is 2. The fraction of sp³-hybridized carbons (Fsp3) is 0.417. The van der Waals surface area contributed by atoms with E-state index in [-0.39, 0.29) is 41.1 Å². The van der Waals surface area contributed by atoms with Crippen molar-refractivity contribution >= 4 is 17.4 Å². The van der Waals surface area contributed by atoms with Crippen LogP contribution in [0, 0.1) is 23.0 Å². The number of rotatable bonds is 9. The average Bonchev–Trinajstić information content (AvgIpc) is 2.83. The van der Waals surface area contributed by atoms with E-state index in [0.717, 1.165) is 5.56 Å². The molecule has 0 radical (unpaired) electrons. The van der Waals surface area contributed by atoms with Gasteiger partial charge in [0, 0.05) is 37.7 Å². The van der Waals surface area contributed by atoms with Crippen LogP contribution in [0.25, 0.3) is 0 Å². The number of nitro groups is 1. The number of benzene rings is 2. The minimum Gasteiger partial charge on any atom is -0.493 e. The predicted octanol–water partition coefficient (Wildman–Crippen LogP) is 3.67. The first kappa shape index (κ1) is 24.2. The van der Waals surface area contributed by atoms with Crippen LogP contribution in [-0.2, 0) is 4.74 Å². The first-order valence-corrected chi connectivity index (χ1v) is 10.7. The molecule has 0 bridgehead atoms. The summed E-state index contributed by atoms with van der Waals surface area (Å²) in [6, 6.07) is 9.99. The largest absolute Gasteiger partial charge is 0.493 e. The van der Waals surface area contributed by atoms with Gasteiger partial charge in [0.25, 0.3) is 11.6 Å². The highest BCUT2D eigenvalue weighted by atomic mass is 16.6. The first-order valence-electron chi connectivity index (χ1n) is 10.7. The Morgan fingerprint density at radius 2 is 1.73 bits per heavy atom. The number of piperidine rings is 1. The SMILES string of the molecule is COCCOc1cc([N+](=O)[O-])c(C(=O)N2CCC(C(=O)c3ccc(C)cc3)CC2)cc1OC. The van der Waals surface area contributed by atoms with Gasteiger partial charge in [-0.25, -0.2) is 0 Å². The summed E-state index contributed by atoms with van der Waals surface area (Å²) in [5.41, 5.74) is 1.32. The number of hydrogen-bond acceptors (Lipinski definition) is 7. The molecule has 1 amide bonds. The molecule has 1 fully saturated rings. The van der Waals surface area contributed by atoms with Crippen molar-refractivity contribution in [2.24, 2.45) is 5.92 Å². The molecule has 0 spiro atoms. The zero-order chi connectivity index (χ0) is 24.0. The number of carbonyl (C=O) groups excluding carboxylic acids is 2. The van der Waals surface area contributed by atoms with E-state index in [9.17, 15) is 19.7 Å². The van der Waals surface area contributed by atoms with Crippen molar-refractivity contribution in [1.82, 2.24) is 4.90 Å². The van der Waals surface area contributed by atoms with Crippen LogP contribution in [0.3, 0.4) is 0 Å². The van der Waals surface area contributed by atoms with Crippen LogP contribution in [-0.4, -0.2) is 62.0 Å². The molecule has 0 aromatic heterocycles. The van der Waals surface area contributed by atoms with Gasteiger partial charge in [0.05, 0.1) is 24.7 Å². The van der Waals surface area contributed by atoms with Gasteiger partial charge in [-0.1, -0.05) is 29.8 Å². The van der Waals surface area contributed by atoms with E-state index < -0.39 is 10.8 Å². The van der Waals surface area contributed by atoms with Gasteiger partial charge >= 0.3 is 0 Å². The summed E-state index contributed by atoms with van der Waals surface area (Å²) in [7, 11) is 2.92. The number of ketones is 1. The monoisotopic (exact) mass is 456 g/mol. The maximum absolute atomic E-state index is 13.2. The van der Waals surface area contributed by atoms with Gasteiger partial charge in [-0.15, -0.1) is 0 Å². The number of nitrogens with zero attached hydrogens (tertiary/aromatic N) is 2. The molecule has 1 saturated heterocycles. The number of likely N-dealkylation sites (tertiary alicyclic amines) is 1. The molecule has 1 aliphatic rings. The Morgan fingerprint density at radius 3 is 2.30 bits per heavy atom. The van der Waals surface area contributed by atoms with Crippen LogP contribution in [0.15, 0.2) is 36.4 Å². The van der Waals surface area contributed by atoms with Crippen molar-refractivity contribution in [3.63, 3.8) is 0 Å². The molecule has 2 aromatic carbocycles. The maximum Gasteiger partial charge on any atom is 0.286 e. The van der Waals surface area contributed by atoms with Crippen molar-refractivity contribution in [3.8, 4) is 11.5 Å². The summed E-state index contributed by atoms with van der Waals surface area (Å²) in [4.78, 5) is 38.6. The third-order valence-electron chi connectivity index (χ3n) is 5.74. The minimum atomic E-state index is -0.608. The smallest absolute Gasteiger partial charge is 0.286 e. The molecule has 0 unspecified atom stereocenters. The number of ether oxygens (including phenoxy) is 3. The van der Waals surface area contributed by atoms with Crippen molar-refractivity contribution in [3.05, 3.63) is 63.2 Å². The number of aryl methyl sites for hydroxylation is 1. The second-order valence-electron chi connectivity index (χ2n) is 7.92. The third-order valence-corrected chi connectivity index (χ3v) is 5.74. The van der Waals surface area contributed by atoms with Crippen LogP contribution in [0.4, 0.5) is 5.69 Å². The fourth-order valence-electron chi connectivity index (χ4n) is 3.85. The van der Waals surface area contributed by atoms with E-state index in [0.29, 0.717) is 38.1 Å². The van der Waals surface area contributed by atoms with E-state index in [1.165, 1.54) is 26.4 Å². The van der Waals surface area contributed by atoms with Crippen molar-refractivity contribution in [2.75, 3.05) is 40.5 Å². The Bertz CT molecular complexity index is 1010. The summed E-state index contributed by atoms with van der Waals surface area (Å²) in [5, 5.41) is 11.7. The Kier molecular flexibility index (Phi) is 8.00. The van der Waals surface area contributed by atoms with E-state index in [1.807, 2.05) is 31.2 Å². The highest BCUT2D eigenvalue weighted by Crippen LogP contribution is 2.36. The maximum atomic E-state index is 13.2. The fourth-order valence-corrected chi connectivity index (χ4v) is 3.85. The lowest BCUT2D eigenvalue weighted by Gasteiger charge is -2.31. The van der Waals surface area contributed by atoms with Gasteiger partial charge in [0.2, 0.25) is 0 Å². The van der Waals surface area contributed by atoms with Gasteiger partial charge in [-0.3, -0.25) is 19.7 Å². The number of nitro benzene ring substituents is 1. The number of Topliss-reactive ketones (excluding diaryl/α,β-unsaturated/α-hetero) is 1. The predicted molar refractivity (Wildman–Crippen MR) is 121 cm³/mol. The first-order chi connectivity index (χ1) is 15.8. The van der Waals surface area contributed by atoms with Crippen LogP contribution in [0.5, 0.6) is 11.5 Å². The zero-order valence-electron chi connectivity index (χ0n) is 19.0. The highest BCUT2D eigenvalue weighted by molar-refractivity contribution is 6.00. The van der Waals surface area contributed by atoms with E-state index in [4.69, 9.17) is 14.2 Å². The second kappa shape index (κ2) is 10.9. The van der Waals surface area contributed by atoms with Crippen molar-refractivity contribution < 1.29 is 28.7 Å². The lowest BCUT2D eigenvalue weighted by Crippen LogP contribution is -2.40. The summed E-state index contributed by atoms with van der Waals surface area (Å²) < 4.78 is 15.7. The summed E-state index contributed by atoms with van der Waals surface area (Å²) in [6.07, 6.45) is 1.00. The Balaban J connectivity index is 1.74. The van der Waals surface area contributed by atoms with Gasteiger partial charge in [-0.05, 0) is 19.8 Å². The van der Waals surface area contributed by atoms with E-state index in [2.05, 4.69) is 0 Å². The van der Waals surface area contributed by atoms with Crippen molar-refractivity contribution in [2.45, 2.75) is 19.8 Å². The van der Waals surface area contributed by atoms with Crippen LogP contribution < -0.4 is 9.47 Å². The molecule has 3 rings (SSSR count). The molecule has 0 aliphatic carbocycles. The van der Waals surface area contributed by atoms with E-state index in [1.54, 1.807) is 4.90 Å². The molecule has 1 aliphatic heterocycles. The Labute approximate surface area is 192 Å². The van der Waals surface area contributed by atoms with Gasteiger partial charge in [0.1, 0.15) is 12.2 Å². The normalized spacial score (nSPS) is 14.1. The van der Waals surface area contributed by atoms with E-state index >= 15 is 0 Å². The van der Waals surface area contributed by atoms with Crippen LogP contribution in [0.2, 0.25) is 0 Å². The third kappa shape index (κ3) is 5.67. The van der Waals surface area contributed by atoms with Gasteiger partial charge < -0.3 is 19.1 Å². The van der Waals surface area contributed by atoms with Crippen LogP contribution >= 0.6 is 0 Å². The average molecular weight is 456 g/mol. The molecule has 0 N–H and O–H groups in total. The lowest BCUT2D eigenvalue weighted by molar-refractivity contribution is -0.385. The summed E-state index contributed by atoms with van der Waals surface area (Å²) >= 11 is 0. The molecule has 1 heterocycles. The van der Waals surface area contributed by atoms with Crippen LogP contribution in [0.1, 0.15) is 39.1 Å². The number of hydrogen-bond donors (Lipinski definition) is 0. The molecular weight excluding hydrogens is 428 g/mol.